The van der Waals surface area contributed by atoms with Crippen molar-refractivity contribution in [1.82, 2.24) is 0 Å². The van der Waals surface area contributed by atoms with Crippen molar-refractivity contribution >= 4 is 28.3 Å². The average molecular weight is 267 g/mol. The lowest BCUT2D eigenvalue weighted by Crippen LogP contribution is -2.05. The molecular formula is C9H13BrClNO. The zero-order chi connectivity index (χ0) is 9.14. The highest BCUT2D eigenvalue weighted by atomic mass is 79.9. The third-order valence-electron chi connectivity index (χ3n) is 1.70. The number of halogens is 2. The number of nitrogens with two attached hydrogens (primary N) is 1. The van der Waals surface area contributed by atoms with Crippen LogP contribution in [0.25, 0.3) is 0 Å². The highest BCUT2D eigenvalue weighted by Gasteiger charge is 2.04. The molecule has 0 aliphatic heterocycles. The van der Waals surface area contributed by atoms with Gasteiger partial charge < -0.3 is 10.5 Å². The van der Waals surface area contributed by atoms with E-state index >= 15 is 0 Å². The zero-order valence-corrected chi connectivity index (χ0v) is 9.98. The van der Waals surface area contributed by atoms with Crippen LogP contribution in [-0.2, 0) is 0 Å². The van der Waals surface area contributed by atoms with E-state index in [2.05, 4.69) is 15.9 Å². The summed E-state index contributed by atoms with van der Waals surface area (Å²) in [5, 5.41) is 0. The first-order chi connectivity index (χ1) is 5.65. The molecule has 1 atom stereocenters. The molecule has 0 saturated carbocycles. The standard InChI is InChI=1S/C9H12BrNO.ClH/c1-6(11)8-4-3-7(12-2)5-9(8)10;/h3-6H,11H2,1-2H3;1H/t6-;/m0./s1. The number of ether oxygens (including phenoxy) is 1. The second-order valence-corrected chi connectivity index (χ2v) is 3.53. The molecular weight excluding hydrogens is 253 g/mol. The van der Waals surface area contributed by atoms with E-state index in [1.807, 2.05) is 25.1 Å². The molecule has 0 heterocycles. The van der Waals surface area contributed by atoms with Gasteiger partial charge in [0.25, 0.3) is 0 Å². The second-order valence-electron chi connectivity index (χ2n) is 2.68. The van der Waals surface area contributed by atoms with Crippen LogP contribution < -0.4 is 10.5 Å². The summed E-state index contributed by atoms with van der Waals surface area (Å²) < 4.78 is 6.06. The maximum Gasteiger partial charge on any atom is 0.120 e. The molecule has 74 valence electrons. The Balaban J connectivity index is 0.00000144. The molecule has 4 heteroatoms. The summed E-state index contributed by atoms with van der Waals surface area (Å²) in [5.41, 5.74) is 6.83. The largest absolute Gasteiger partial charge is 0.497 e. The van der Waals surface area contributed by atoms with Crippen molar-refractivity contribution in [2.45, 2.75) is 13.0 Å². The minimum atomic E-state index is 0. The Morgan fingerprint density at radius 2 is 2.08 bits per heavy atom. The van der Waals surface area contributed by atoms with Crippen molar-refractivity contribution in [3.8, 4) is 5.75 Å². The van der Waals surface area contributed by atoms with E-state index in [1.54, 1.807) is 7.11 Å². The van der Waals surface area contributed by atoms with Gasteiger partial charge in [0.1, 0.15) is 5.75 Å². The highest BCUT2D eigenvalue weighted by Crippen LogP contribution is 2.26. The third kappa shape index (κ3) is 3.18. The van der Waals surface area contributed by atoms with E-state index in [1.165, 1.54) is 0 Å². The van der Waals surface area contributed by atoms with E-state index in [4.69, 9.17) is 10.5 Å². The van der Waals surface area contributed by atoms with Crippen molar-refractivity contribution < 1.29 is 4.74 Å². The summed E-state index contributed by atoms with van der Waals surface area (Å²) in [7, 11) is 1.65. The first-order valence-corrected chi connectivity index (χ1v) is 4.53. The van der Waals surface area contributed by atoms with Crippen LogP contribution >= 0.6 is 28.3 Å². The minimum Gasteiger partial charge on any atom is -0.497 e. The van der Waals surface area contributed by atoms with Gasteiger partial charge in [-0.3, -0.25) is 0 Å². The van der Waals surface area contributed by atoms with Crippen molar-refractivity contribution in [2.75, 3.05) is 7.11 Å². The zero-order valence-electron chi connectivity index (χ0n) is 7.58. The summed E-state index contributed by atoms with van der Waals surface area (Å²) in [4.78, 5) is 0. The van der Waals surface area contributed by atoms with Crippen LogP contribution in [0.2, 0.25) is 0 Å². The highest BCUT2D eigenvalue weighted by molar-refractivity contribution is 9.10. The van der Waals surface area contributed by atoms with Gasteiger partial charge in [-0.2, -0.15) is 0 Å². The summed E-state index contributed by atoms with van der Waals surface area (Å²) in [5.74, 6) is 0.839. The number of benzene rings is 1. The molecule has 1 aromatic rings. The molecule has 13 heavy (non-hydrogen) atoms. The van der Waals surface area contributed by atoms with Crippen molar-refractivity contribution in [3.05, 3.63) is 28.2 Å². The predicted molar refractivity (Wildman–Crippen MR) is 60.5 cm³/mol. The van der Waals surface area contributed by atoms with E-state index in [0.717, 1.165) is 15.8 Å². The Labute approximate surface area is 93.0 Å². The number of methoxy groups -OCH3 is 1. The van der Waals surface area contributed by atoms with Crippen LogP contribution in [0.4, 0.5) is 0 Å². The number of rotatable bonds is 2. The fourth-order valence-electron chi connectivity index (χ4n) is 1.00. The summed E-state index contributed by atoms with van der Waals surface area (Å²) >= 11 is 3.43. The molecule has 0 spiro atoms. The molecule has 0 saturated heterocycles. The van der Waals surface area contributed by atoms with Crippen molar-refractivity contribution in [2.24, 2.45) is 5.73 Å². The first kappa shape index (κ1) is 12.8. The smallest absolute Gasteiger partial charge is 0.120 e. The van der Waals surface area contributed by atoms with Gasteiger partial charge in [0.05, 0.1) is 7.11 Å². The predicted octanol–water partition coefficient (Wildman–Crippen LogP) is 2.90. The average Bonchev–Trinajstić information content (AvgIpc) is 2.03. The molecule has 2 nitrogen and oxygen atoms in total. The Hall–Kier alpha value is -0.250. The summed E-state index contributed by atoms with van der Waals surface area (Å²) in [6, 6.07) is 5.83. The van der Waals surface area contributed by atoms with Crippen LogP contribution in [0, 0.1) is 0 Å². The van der Waals surface area contributed by atoms with E-state index < -0.39 is 0 Å². The van der Waals surface area contributed by atoms with Gasteiger partial charge in [0.2, 0.25) is 0 Å². The van der Waals surface area contributed by atoms with Gasteiger partial charge >= 0.3 is 0 Å². The van der Waals surface area contributed by atoms with Crippen LogP contribution in [-0.4, -0.2) is 7.11 Å². The van der Waals surface area contributed by atoms with E-state index in [0.29, 0.717) is 0 Å². The van der Waals surface area contributed by atoms with Gasteiger partial charge in [-0.05, 0) is 24.6 Å². The molecule has 0 fully saturated rings. The second kappa shape index (κ2) is 5.47. The Bertz CT molecular complexity index is 278. The van der Waals surface area contributed by atoms with Crippen LogP contribution in [0.1, 0.15) is 18.5 Å². The molecule has 2 N–H and O–H groups in total. The van der Waals surface area contributed by atoms with E-state index in [9.17, 15) is 0 Å². The molecule has 1 rings (SSSR count). The fraction of sp³-hybridized carbons (Fsp3) is 0.333. The molecule has 0 aliphatic rings. The molecule has 0 aromatic heterocycles. The molecule has 0 unspecified atom stereocenters. The van der Waals surface area contributed by atoms with Gasteiger partial charge in [-0.15, -0.1) is 12.4 Å². The normalized spacial score (nSPS) is 11.7. The maximum atomic E-state index is 5.74. The number of hydrogen-bond donors (Lipinski definition) is 1. The van der Waals surface area contributed by atoms with Crippen molar-refractivity contribution in [1.29, 1.82) is 0 Å². The van der Waals surface area contributed by atoms with Crippen LogP contribution in [0.3, 0.4) is 0 Å². The van der Waals surface area contributed by atoms with Crippen molar-refractivity contribution in [3.63, 3.8) is 0 Å². The van der Waals surface area contributed by atoms with Crippen LogP contribution in [0.5, 0.6) is 5.75 Å². The summed E-state index contributed by atoms with van der Waals surface area (Å²) in [6.45, 7) is 1.95. The van der Waals surface area contributed by atoms with E-state index in [-0.39, 0.29) is 18.4 Å². The topological polar surface area (TPSA) is 35.2 Å². The quantitative estimate of drug-likeness (QED) is 0.893. The van der Waals surface area contributed by atoms with Crippen LogP contribution in [0.15, 0.2) is 22.7 Å². The summed E-state index contributed by atoms with van der Waals surface area (Å²) in [6.07, 6.45) is 0. The first-order valence-electron chi connectivity index (χ1n) is 3.74. The third-order valence-corrected chi connectivity index (χ3v) is 2.38. The Morgan fingerprint density at radius 1 is 1.46 bits per heavy atom. The molecule has 0 aliphatic carbocycles. The molecule has 0 radical (unpaired) electrons. The lowest BCUT2D eigenvalue weighted by Gasteiger charge is -2.09. The molecule has 0 amide bonds. The minimum absolute atomic E-state index is 0. The molecule has 1 aromatic carbocycles. The monoisotopic (exact) mass is 265 g/mol. The maximum absolute atomic E-state index is 5.74. The van der Waals surface area contributed by atoms with Gasteiger partial charge in [0.15, 0.2) is 0 Å². The fourth-order valence-corrected chi connectivity index (χ4v) is 1.72. The molecule has 0 bridgehead atoms. The Morgan fingerprint density at radius 3 is 2.46 bits per heavy atom. The van der Waals surface area contributed by atoms with Gasteiger partial charge in [0, 0.05) is 10.5 Å². The van der Waals surface area contributed by atoms with Gasteiger partial charge in [-0.25, -0.2) is 0 Å². The lowest BCUT2D eigenvalue weighted by molar-refractivity contribution is 0.414. The number of hydrogen-bond acceptors (Lipinski definition) is 2. The Kier molecular flexibility index (Phi) is 5.37. The SMILES string of the molecule is COc1ccc([C@H](C)N)c(Br)c1.Cl. The lowest BCUT2D eigenvalue weighted by atomic mass is 10.1. The van der Waals surface area contributed by atoms with Gasteiger partial charge in [-0.1, -0.05) is 22.0 Å².